The molecule has 0 bridgehead atoms. The zero-order valence-electron chi connectivity index (χ0n) is 11.8. The van der Waals surface area contributed by atoms with Crippen LogP contribution in [0.2, 0.25) is 0 Å². The van der Waals surface area contributed by atoms with Crippen molar-refractivity contribution in [1.82, 2.24) is 4.98 Å². The lowest BCUT2D eigenvalue weighted by molar-refractivity contribution is 0.0527. The van der Waals surface area contributed by atoms with Gasteiger partial charge in [-0.15, -0.1) is 0 Å². The first kappa shape index (κ1) is 15.3. The van der Waals surface area contributed by atoms with E-state index in [2.05, 4.69) is 26.2 Å². The van der Waals surface area contributed by atoms with Gasteiger partial charge in [0.05, 0.1) is 29.7 Å². The van der Waals surface area contributed by atoms with Crippen LogP contribution < -0.4 is 11.1 Å². The number of carbonyl (C=O) groups is 1. The van der Waals surface area contributed by atoms with Crippen LogP contribution in [0, 0.1) is 6.92 Å². The first-order valence-corrected chi connectivity index (χ1v) is 7.27. The number of anilines is 3. The van der Waals surface area contributed by atoms with Gasteiger partial charge < -0.3 is 15.8 Å². The summed E-state index contributed by atoms with van der Waals surface area (Å²) < 4.78 is 5.92. The first-order valence-electron chi connectivity index (χ1n) is 6.47. The Hall–Kier alpha value is -2.08. The van der Waals surface area contributed by atoms with E-state index >= 15 is 0 Å². The van der Waals surface area contributed by atoms with Crippen molar-refractivity contribution < 1.29 is 9.53 Å². The number of benzene rings is 1. The van der Waals surface area contributed by atoms with Crippen LogP contribution in [0.4, 0.5) is 17.2 Å². The van der Waals surface area contributed by atoms with Gasteiger partial charge in [-0.3, -0.25) is 0 Å². The minimum atomic E-state index is -0.455. The molecule has 0 fully saturated rings. The van der Waals surface area contributed by atoms with E-state index in [4.69, 9.17) is 10.5 Å². The van der Waals surface area contributed by atoms with E-state index in [1.807, 2.05) is 25.1 Å². The monoisotopic (exact) mass is 349 g/mol. The molecular formula is C15H16BrN3O2. The molecule has 110 valence electrons. The number of halogens is 1. The summed E-state index contributed by atoms with van der Waals surface area (Å²) in [4.78, 5) is 16.0. The highest BCUT2D eigenvalue weighted by Gasteiger charge is 2.13. The van der Waals surface area contributed by atoms with Gasteiger partial charge >= 0.3 is 5.97 Å². The Morgan fingerprint density at radius 3 is 2.95 bits per heavy atom. The molecule has 0 spiro atoms. The molecule has 0 aliphatic carbocycles. The highest BCUT2D eigenvalue weighted by atomic mass is 79.9. The van der Waals surface area contributed by atoms with Gasteiger partial charge in [-0.05, 0) is 47.5 Å². The van der Waals surface area contributed by atoms with Gasteiger partial charge in [0.2, 0.25) is 0 Å². The maximum absolute atomic E-state index is 11.8. The lowest BCUT2D eigenvalue weighted by Gasteiger charge is -2.11. The van der Waals surface area contributed by atoms with Crippen molar-refractivity contribution in [2.45, 2.75) is 13.8 Å². The molecule has 0 saturated heterocycles. The number of esters is 1. The maximum Gasteiger partial charge on any atom is 0.340 e. The minimum Gasteiger partial charge on any atom is -0.462 e. The van der Waals surface area contributed by atoms with E-state index in [1.165, 1.54) is 6.20 Å². The molecule has 1 aromatic carbocycles. The fourth-order valence-electron chi connectivity index (χ4n) is 1.80. The van der Waals surface area contributed by atoms with Crippen molar-refractivity contribution in [3.05, 3.63) is 46.1 Å². The summed E-state index contributed by atoms with van der Waals surface area (Å²) >= 11 is 3.52. The molecule has 2 rings (SSSR count). The predicted molar refractivity (Wildman–Crippen MR) is 86.8 cm³/mol. The zero-order chi connectivity index (χ0) is 15.4. The molecule has 0 atom stereocenters. The van der Waals surface area contributed by atoms with Crippen LogP contribution in [0.25, 0.3) is 0 Å². The fourth-order valence-corrected chi connectivity index (χ4v) is 2.17. The molecule has 6 heteroatoms. The second-order valence-corrected chi connectivity index (χ2v) is 5.23. The average Bonchev–Trinajstić information content (AvgIpc) is 2.46. The molecule has 1 aromatic heterocycles. The van der Waals surface area contributed by atoms with E-state index in [0.717, 1.165) is 15.7 Å². The summed E-state index contributed by atoms with van der Waals surface area (Å²) in [5, 5.41) is 3.16. The Morgan fingerprint density at radius 2 is 2.24 bits per heavy atom. The number of nitrogen functional groups attached to an aromatic ring is 1. The predicted octanol–water partition coefficient (Wildman–Crippen LogP) is 3.66. The molecular weight excluding hydrogens is 334 g/mol. The van der Waals surface area contributed by atoms with Crippen LogP contribution in [-0.2, 0) is 4.74 Å². The molecule has 1 heterocycles. The number of aryl methyl sites for hydroxylation is 1. The molecule has 0 aliphatic heterocycles. The first-order chi connectivity index (χ1) is 10.0. The van der Waals surface area contributed by atoms with Crippen molar-refractivity contribution in [2.75, 3.05) is 17.7 Å². The Bertz CT molecular complexity index is 674. The number of pyridine rings is 1. The number of aromatic nitrogens is 1. The van der Waals surface area contributed by atoms with Crippen molar-refractivity contribution in [3.8, 4) is 0 Å². The number of nitrogens with one attached hydrogen (secondary N) is 1. The number of hydrogen-bond donors (Lipinski definition) is 2. The van der Waals surface area contributed by atoms with Crippen LogP contribution in [0.1, 0.15) is 22.8 Å². The van der Waals surface area contributed by atoms with Gasteiger partial charge in [0.1, 0.15) is 5.82 Å². The number of nitrogens with zero attached hydrogens (tertiary/aromatic N) is 1. The quantitative estimate of drug-likeness (QED) is 0.823. The Morgan fingerprint density at radius 1 is 1.48 bits per heavy atom. The van der Waals surface area contributed by atoms with Gasteiger partial charge in [-0.25, -0.2) is 9.78 Å². The van der Waals surface area contributed by atoms with Crippen LogP contribution in [0.3, 0.4) is 0 Å². The van der Waals surface area contributed by atoms with Crippen LogP contribution in [0.5, 0.6) is 0 Å². The Kier molecular flexibility index (Phi) is 4.80. The summed E-state index contributed by atoms with van der Waals surface area (Å²) in [6.07, 6.45) is 1.44. The van der Waals surface area contributed by atoms with Crippen molar-refractivity contribution in [3.63, 3.8) is 0 Å². The van der Waals surface area contributed by atoms with Crippen molar-refractivity contribution in [1.29, 1.82) is 0 Å². The smallest absolute Gasteiger partial charge is 0.340 e. The summed E-state index contributed by atoms with van der Waals surface area (Å²) in [5.74, 6) is 0.0716. The summed E-state index contributed by atoms with van der Waals surface area (Å²) in [5.41, 5.74) is 8.33. The second kappa shape index (κ2) is 6.58. The van der Waals surface area contributed by atoms with Crippen LogP contribution in [0.15, 0.2) is 34.9 Å². The number of hydrogen-bond acceptors (Lipinski definition) is 5. The molecule has 0 saturated carbocycles. The van der Waals surface area contributed by atoms with Gasteiger partial charge in [0.15, 0.2) is 0 Å². The third-order valence-electron chi connectivity index (χ3n) is 2.88. The highest BCUT2D eigenvalue weighted by molar-refractivity contribution is 9.10. The molecule has 0 unspecified atom stereocenters. The summed E-state index contributed by atoms with van der Waals surface area (Å²) in [6.45, 7) is 4.04. The molecule has 0 aliphatic rings. The van der Waals surface area contributed by atoms with Gasteiger partial charge in [-0.1, -0.05) is 12.1 Å². The summed E-state index contributed by atoms with van der Waals surface area (Å²) in [6, 6.07) is 7.43. The van der Waals surface area contributed by atoms with Crippen molar-refractivity contribution >= 4 is 39.1 Å². The van der Waals surface area contributed by atoms with Gasteiger partial charge in [0, 0.05) is 4.47 Å². The molecule has 0 amide bonds. The standard InChI is InChI=1S/C15H16BrN3O2/c1-3-21-15(20)10-7-13(18-8-11(10)17)19-12-6-4-5-9(2)14(12)16/h4-8H,3,17H2,1-2H3,(H,18,19). The van der Waals surface area contributed by atoms with E-state index in [1.54, 1.807) is 13.0 Å². The third-order valence-corrected chi connectivity index (χ3v) is 3.94. The molecule has 0 radical (unpaired) electrons. The normalized spacial score (nSPS) is 10.2. The van der Waals surface area contributed by atoms with E-state index in [-0.39, 0.29) is 0 Å². The maximum atomic E-state index is 11.8. The topological polar surface area (TPSA) is 77.2 Å². The molecule has 21 heavy (non-hydrogen) atoms. The van der Waals surface area contributed by atoms with Gasteiger partial charge in [0.25, 0.3) is 0 Å². The van der Waals surface area contributed by atoms with Crippen LogP contribution in [-0.4, -0.2) is 17.6 Å². The van der Waals surface area contributed by atoms with Crippen LogP contribution >= 0.6 is 15.9 Å². The number of ether oxygens (including phenoxy) is 1. The second-order valence-electron chi connectivity index (χ2n) is 4.44. The average molecular weight is 350 g/mol. The number of nitrogens with two attached hydrogens (primary N) is 1. The fraction of sp³-hybridized carbons (Fsp3) is 0.200. The van der Waals surface area contributed by atoms with E-state index in [9.17, 15) is 4.79 Å². The number of carbonyl (C=O) groups excluding carboxylic acids is 1. The van der Waals surface area contributed by atoms with Gasteiger partial charge in [-0.2, -0.15) is 0 Å². The third kappa shape index (κ3) is 3.52. The lowest BCUT2D eigenvalue weighted by Crippen LogP contribution is -2.09. The largest absolute Gasteiger partial charge is 0.462 e. The molecule has 5 nitrogen and oxygen atoms in total. The Labute approximate surface area is 131 Å². The molecule has 3 N–H and O–H groups in total. The van der Waals surface area contributed by atoms with Crippen molar-refractivity contribution in [2.24, 2.45) is 0 Å². The summed E-state index contributed by atoms with van der Waals surface area (Å²) in [7, 11) is 0. The Balaban J connectivity index is 2.31. The SMILES string of the molecule is CCOC(=O)c1cc(Nc2cccc(C)c2Br)ncc1N. The zero-order valence-corrected chi connectivity index (χ0v) is 13.4. The number of rotatable bonds is 4. The minimum absolute atomic E-state index is 0.294. The molecule has 2 aromatic rings. The van der Waals surface area contributed by atoms with E-state index < -0.39 is 5.97 Å². The van der Waals surface area contributed by atoms with E-state index in [0.29, 0.717) is 23.7 Å². The lowest BCUT2D eigenvalue weighted by atomic mass is 10.2. The highest BCUT2D eigenvalue weighted by Crippen LogP contribution is 2.28.